The SMILES string of the molecule is COc1ccc(O)cc1-c1cnn(CC2CCOCC2)c1. The lowest BCUT2D eigenvalue weighted by atomic mass is 10.0. The summed E-state index contributed by atoms with van der Waals surface area (Å²) in [5, 5.41) is 14.1. The number of phenols is 1. The van der Waals surface area contributed by atoms with Gasteiger partial charge in [-0.15, -0.1) is 0 Å². The Labute approximate surface area is 124 Å². The zero-order chi connectivity index (χ0) is 14.7. The van der Waals surface area contributed by atoms with E-state index in [1.165, 1.54) is 0 Å². The van der Waals surface area contributed by atoms with Crippen molar-refractivity contribution >= 4 is 0 Å². The van der Waals surface area contributed by atoms with Crippen molar-refractivity contribution in [2.75, 3.05) is 20.3 Å². The molecule has 21 heavy (non-hydrogen) atoms. The van der Waals surface area contributed by atoms with Gasteiger partial charge in [0.1, 0.15) is 11.5 Å². The van der Waals surface area contributed by atoms with Crippen LogP contribution in [0.1, 0.15) is 12.8 Å². The van der Waals surface area contributed by atoms with E-state index >= 15 is 0 Å². The molecule has 1 aromatic carbocycles. The van der Waals surface area contributed by atoms with Crippen molar-refractivity contribution in [3.8, 4) is 22.6 Å². The normalized spacial score (nSPS) is 16.0. The fraction of sp³-hybridized carbons (Fsp3) is 0.438. The molecule has 5 nitrogen and oxygen atoms in total. The van der Waals surface area contributed by atoms with Gasteiger partial charge in [0.2, 0.25) is 0 Å². The molecule has 0 aliphatic carbocycles. The van der Waals surface area contributed by atoms with Gasteiger partial charge in [0.15, 0.2) is 0 Å². The van der Waals surface area contributed by atoms with Gasteiger partial charge < -0.3 is 14.6 Å². The van der Waals surface area contributed by atoms with Crippen LogP contribution in [0.2, 0.25) is 0 Å². The minimum Gasteiger partial charge on any atom is -0.508 e. The first-order valence-electron chi connectivity index (χ1n) is 7.24. The Morgan fingerprint density at radius 1 is 1.38 bits per heavy atom. The molecule has 1 aromatic heterocycles. The Morgan fingerprint density at radius 2 is 2.19 bits per heavy atom. The fourth-order valence-corrected chi connectivity index (χ4v) is 2.72. The molecule has 112 valence electrons. The van der Waals surface area contributed by atoms with Gasteiger partial charge in [-0.2, -0.15) is 5.10 Å². The zero-order valence-electron chi connectivity index (χ0n) is 12.2. The van der Waals surface area contributed by atoms with Crippen molar-refractivity contribution < 1.29 is 14.6 Å². The predicted molar refractivity (Wildman–Crippen MR) is 79.4 cm³/mol. The highest BCUT2D eigenvalue weighted by molar-refractivity contribution is 5.70. The van der Waals surface area contributed by atoms with Gasteiger partial charge in [-0.05, 0) is 37.0 Å². The number of hydrogen-bond acceptors (Lipinski definition) is 4. The molecule has 0 radical (unpaired) electrons. The van der Waals surface area contributed by atoms with Gasteiger partial charge >= 0.3 is 0 Å². The van der Waals surface area contributed by atoms with Crippen molar-refractivity contribution in [1.82, 2.24) is 9.78 Å². The maximum Gasteiger partial charge on any atom is 0.127 e. The molecule has 1 saturated heterocycles. The number of benzene rings is 1. The summed E-state index contributed by atoms with van der Waals surface area (Å²) >= 11 is 0. The Balaban J connectivity index is 1.79. The number of rotatable bonds is 4. The van der Waals surface area contributed by atoms with Gasteiger partial charge in [-0.1, -0.05) is 0 Å². The second-order valence-electron chi connectivity index (χ2n) is 5.39. The lowest BCUT2D eigenvalue weighted by Gasteiger charge is -2.21. The molecule has 2 heterocycles. The second kappa shape index (κ2) is 6.18. The minimum atomic E-state index is 0.225. The highest BCUT2D eigenvalue weighted by atomic mass is 16.5. The monoisotopic (exact) mass is 288 g/mol. The maximum absolute atomic E-state index is 9.67. The van der Waals surface area contributed by atoms with Crippen LogP contribution in [-0.2, 0) is 11.3 Å². The van der Waals surface area contributed by atoms with E-state index in [0.29, 0.717) is 5.92 Å². The molecule has 0 unspecified atom stereocenters. The van der Waals surface area contributed by atoms with Gasteiger partial charge in [-0.3, -0.25) is 4.68 Å². The smallest absolute Gasteiger partial charge is 0.127 e. The molecular formula is C16H20N2O3. The molecule has 1 N–H and O–H groups in total. The van der Waals surface area contributed by atoms with Crippen molar-refractivity contribution in [3.63, 3.8) is 0 Å². The van der Waals surface area contributed by atoms with Crippen LogP contribution in [0, 0.1) is 5.92 Å². The van der Waals surface area contributed by atoms with Crippen molar-refractivity contribution in [1.29, 1.82) is 0 Å². The predicted octanol–water partition coefficient (Wildman–Crippen LogP) is 2.69. The molecule has 0 amide bonds. The lowest BCUT2D eigenvalue weighted by Crippen LogP contribution is -2.20. The standard InChI is InChI=1S/C16H20N2O3/c1-20-16-3-2-14(19)8-15(16)13-9-17-18(11-13)10-12-4-6-21-7-5-12/h2-3,8-9,11-12,19H,4-7,10H2,1H3. The number of aromatic nitrogens is 2. The third kappa shape index (κ3) is 3.19. The Bertz CT molecular complexity index is 603. The summed E-state index contributed by atoms with van der Waals surface area (Å²) in [7, 11) is 1.63. The van der Waals surface area contributed by atoms with Gasteiger partial charge in [-0.25, -0.2) is 0 Å². The molecule has 5 heteroatoms. The Hall–Kier alpha value is -2.01. The molecule has 1 fully saturated rings. The van der Waals surface area contributed by atoms with E-state index in [0.717, 1.165) is 49.5 Å². The zero-order valence-corrected chi connectivity index (χ0v) is 12.2. The third-order valence-corrected chi connectivity index (χ3v) is 3.91. The summed E-state index contributed by atoms with van der Waals surface area (Å²) in [6.07, 6.45) is 6.00. The topological polar surface area (TPSA) is 56.5 Å². The first-order valence-corrected chi connectivity index (χ1v) is 7.24. The van der Waals surface area contributed by atoms with Gasteiger partial charge in [0.05, 0.1) is 13.3 Å². The average molecular weight is 288 g/mol. The summed E-state index contributed by atoms with van der Waals surface area (Å²) in [6, 6.07) is 5.09. The van der Waals surface area contributed by atoms with Crippen LogP contribution in [-0.4, -0.2) is 35.2 Å². The van der Waals surface area contributed by atoms with Gasteiger partial charge in [0, 0.05) is 37.1 Å². The fourth-order valence-electron chi connectivity index (χ4n) is 2.72. The van der Waals surface area contributed by atoms with E-state index in [-0.39, 0.29) is 5.75 Å². The Kier molecular flexibility index (Phi) is 4.10. The highest BCUT2D eigenvalue weighted by Gasteiger charge is 2.16. The number of methoxy groups -OCH3 is 1. The van der Waals surface area contributed by atoms with Crippen molar-refractivity contribution in [2.24, 2.45) is 5.92 Å². The number of phenolic OH excluding ortho intramolecular Hbond substituents is 1. The van der Waals surface area contributed by atoms with Crippen LogP contribution < -0.4 is 4.74 Å². The molecule has 0 atom stereocenters. The summed E-state index contributed by atoms with van der Waals surface area (Å²) in [4.78, 5) is 0. The van der Waals surface area contributed by atoms with Crippen LogP contribution in [0.15, 0.2) is 30.6 Å². The third-order valence-electron chi connectivity index (χ3n) is 3.91. The number of hydrogen-bond donors (Lipinski definition) is 1. The molecule has 1 aliphatic rings. The first-order chi connectivity index (χ1) is 10.3. The summed E-state index contributed by atoms with van der Waals surface area (Å²) < 4.78 is 12.7. The number of nitrogens with zero attached hydrogens (tertiary/aromatic N) is 2. The molecule has 0 bridgehead atoms. The first kappa shape index (κ1) is 13.9. The highest BCUT2D eigenvalue weighted by Crippen LogP contribution is 2.32. The summed E-state index contributed by atoms with van der Waals surface area (Å²) in [5.74, 6) is 1.58. The average Bonchev–Trinajstić information content (AvgIpc) is 2.96. The summed E-state index contributed by atoms with van der Waals surface area (Å²) in [5.41, 5.74) is 1.81. The maximum atomic E-state index is 9.67. The molecule has 1 aliphatic heterocycles. The summed E-state index contributed by atoms with van der Waals surface area (Å²) in [6.45, 7) is 2.60. The largest absolute Gasteiger partial charge is 0.508 e. The van der Waals surface area contributed by atoms with Crippen LogP contribution in [0.5, 0.6) is 11.5 Å². The van der Waals surface area contributed by atoms with E-state index in [2.05, 4.69) is 5.10 Å². The lowest BCUT2D eigenvalue weighted by molar-refractivity contribution is 0.0601. The molecule has 0 saturated carbocycles. The van der Waals surface area contributed by atoms with Crippen molar-refractivity contribution in [3.05, 3.63) is 30.6 Å². The Morgan fingerprint density at radius 3 is 2.95 bits per heavy atom. The molecular weight excluding hydrogens is 268 g/mol. The van der Waals surface area contributed by atoms with E-state index in [9.17, 15) is 5.11 Å². The quantitative estimate of drug-likeness (QED) is 0.939. The van der Waals surface area contributed by atoms with E-state index < -0.39 is 0 Å². The van der Waals surface area contributed by atoms with Gasteiger partial charge in [0.25, 0.3) is 0 Å². The molecule has 3 rings (SSSR count). The number of aromatic hydroxyl groups is 1. The number of ether oxygens (including phenoxy) is 2. The van der Waals surface area contributed by atoms with Crippen molar-refractivity contribution in [2.45, 2.75) is 19.4 Å². The molecule has 2 aromatic rings. The van der Waals surface area contributed by atoms with E-state index in [1.807, 2.05) is 17.1 Å². The van der Waals surface area contributed by atoms with Crippen LogP contribution >= 0.6 is 0 Å². The van der Waals surface area contributed by atoms with Crippen LogP contribution in [0.4, 0.5) is 0 Å². The van der Waals surface area contributed by atoms with Crippen LogP contribution in [0.25, 0.3) is 11.1 Å². The van der Waals surface area contributed by atoms with E-state index in [1.54, 1.807) is 25.3 Å². The second-order valence-corrected chi connectivity index (χ2v) is 5.39. The van der Waals surface area contributed by atoms with E-state index in [4.69, 9.17) is 9.47 Å². The minimum absolute atomic E-state index is 0.225. The molecule has 0 spiro atoms. The van der Waals surface area contributed by atoms with Crippen LogP contribution in [0.3, 0.4) is 0 Å².